The average Bonchev–Trinajstić information content (AvgIpc) is 3.49. The maximum Gasteiger partial charge on any atom is 0.160 e. The van der Waals surface area contributed by atoms with Gasteiger partial charge in [0, 0.05) is 50.8 Å². The van der Waals surface area contributed by atoms with E-state index in [2.05, 4.69) is 277 Å². The van der Waals surface area contributed by atoms with E-state index in [-0.39, 0.29) is 0 Å². The molecule has 0 spiro atoms. The predicted molar refractivity (Wildman–Crippen MR) is 309 cm³/mol. The summed E-state index contributed by atoms with van der Waals surface area (Å²) in [6.07, 6.45) is 0. The smallest absolute Gasteiger partial charge is 0.160 e. The van der Waals surface area contributed by atoms with Crippen molar-refractivity contribution in [3.05, 3.63) is 303 Å². The van der Waals surface area contributed by atoms with E-state index in [9.17, 15) is 0 Å². The minimum absolute atomic E-state index is 0.695. The van der Waals surface area contributed by atoms with E-state index < -0.39 is 0 Å². The third kappa shape index (κ3) is 9.76. The zero-order chi connectivity index (χ0) is 49.5. The second-order valence-corrected chi connectivity index (χ2v) is 18.2. The van der Waals surface area contributed by atoms with Crippen LogP contribution in [0.1, 0.15) is 0 Å². The van der Waals surface area contributed by atoms with Gasteiger partial charge in [-0.1, -0.05) is 224 Å². The molecular weight excluding hydrogens is 897 g/mol. The average molecular weight is 947 g/mol. The summed E-state index contributed by atoms with van der Waals surface area (Å²) in [5.74, 6) is 0.695. The van der Waals surface area contributed by atoms with E-state index in [4.69, 9.17) is 9.97 Å². The van der Waals surface area contributed by atoms with Crippen molar-refractivity contribution >= 4 is 34.1 Å². The van der Waals surface area contributed by atoms with Crippen LogP contribution in [0.5, 0.6) is 0 Å². The molecule has 74 heavy (non-hydrogen) atoms. The molecule has 12 aromatic rings. The van der Waals surface area contributed by atoms with Gasteiger partial charge in [-0.25, -0.2) is 9.97 Å². The molecule has 0 saturated heterocycles. The van der Waals surface area contributed by atoms with Gasteiger partial charge in [-0.2, -0.15) is 0 Å². The van der Waals surface area contributed by atoms with Crippen molar-refractivity contribution in [3.63, 3.8) is 0 Å². The van der Waals surface area contributed by atoms with E-state index in [1.165, 1.54) is 33.4 Å². The summed E-state index contributed by atoms with van der Waals surface area (Å²) in [6.45, 7) is 0. The van der Waals surface area contributed by atoms with E-state index in [0.717, 1.165) is 73.3 Å². The molecule has 0 aliphatic rings. The Kier molecular flexibility index (Phi) is 12.7. The molecule has 0 saturated carbocycles. The van der Waals surface area contributed by atoms with Gasteiger partial charge in [-0.3, -0.25) is 0 Å². The molecule has 0 unspecified atom stereocenters. The Labute approximate surface area is 433 Å². The van der Waals surface area contributed by atoms with Gasteiger partial charge >= 0.3 is 0 Å². The highest BCUT2D eigenvalue weighted by Crippen LogP contribution is 2.41. The fourth-order valence-electron chi connectivity index (χ4n) is 9.65. The van der Waals surface area contributed by atoms with Gasteiger partial charge in [-0.15, -0.1) is 0 Å². The van der Waals surface area contributed by atoms with Gasteiger partial charge in [-0.05, 0) is 123 Å². The fourth-order valence-corrected chi connectivity index (χ4v) is 9.65. The SMILES string of the molecule is c1ccc(-c2ccc(N(c3ccc(-c4ccccc4)cc3)c3ccc(-c4ccc(N(c5ccc(-c6ccccc6)cc5)c5ccc(-c6cc(-c7ccccc7)nc(-c7ccccc7)n6)cc5)cc4)cc3)cc2)cc1. The highest BCUT2D eigenvalue weighted by molar-refractivity contribution is 5.84. The molecule has 0 N–H and O–H groups in total. The van der Waals surface area contributed by atoms with Gasteiger partial charge in [0.2, 0.25) is 0 Å². The first-order valence-corrected chi connectivity index (χ1v) is 25.0. The maximum atomic E-state index is 5.11. The number of benzene rings is 11. The Bertz CT molecular complexity index is 3600. The molecule has 0 amide bonds. The number of aromatic nitrogens is 2. The highest BCUT2D eigenvalue weighted by atomic mass is 15.1. The van der Waals surface area contributed by atoms with Crippen LogP contribution < -0.4 is 9.80 Å². The van der Waals surface area contributed by atoms with Crippen LogP contribution >= 0.6 is 0 Å². The first-order valence-electron chi connectivity index (χ1n) is 25.0. The number of nitrogens with zero attached hydrogens (tertiary/aromatic N) is 4. The van der Waals surface area contributed by atoms with Crippen LogP contribution in [0.3, 0.4) is 0 Å². The molecule has 4 nitrogen and oxygen atoms in total. The lowest BCUT2D eigenvalue weighted by molar-refractivity contribution is 1.18. The molecule has 1 heterocycles. The number of rotatable bonds is 13. The highest BCUT2D eigenvalue weighted by Gasteiger charge is 2.18. The van der Waals surface area contributed by atoms with Crippen molar-refractivity contribution in [1.82, 2.24) is 9.97 Å². The van der Waals surface area contributed by atoms with Crippen LogP contribution in [0.25, 0.3) is 78.4 Å². The van der Waals surface area contributed by atoms with E-state index in [1.54, 1.807) is 0 Å². The number of hydrogen-bond donors (Lipinski definition) is 0. The summed E-state index contributed by atoms with van der Waals surface area (Å²) < 4.78 is 0. The quantitative estimate of drug-likeness (QED) is 0.115. The molecule has 1 aromatic heterocycles. The molecule has 0 aliphatic carbocycles. The summed E-state index contributed by atoms with van der Waals surface area (Å²) in [4.78, 5) is 14.8. The normalized spacial score (nSPS) is 11.0. The van der Waals surface area contributed by atoms with Gasteiger partial charge < -0.3 is 9.80 Å². The van der Waals surface area contributed by atoms with Gasteiger partial charge in [0.05, 0.1) is 11.4 Å². The predicted octanol–water partition coefficient (Wildman–Crippen LogP) is 19.1. The second-order valence-electron chi connectivity index (χ2n) is 18.2. The lowest BCUT2D eigenvalue weighted by Gasteiger charge is -2.27. The van der Waals surface area contributed by atoms with Crippen LogP contribution in [0.2, 0.25) is 0 Å². The van der Waals surface area contributed by atoms with Gasteiger partial charge in [0.15, 0.2) is 5.82 Å². The van der Waals surface area contributed by atoms with Crippen molar-refractivity contribution in [3.8, 4) is 78.4 Å². The zero-order valence-corrected chi connectivity index (χ0v) is 40.7. The molecule has 0 fully saturated rings. The lowest BCUT2D eigenvalue weighted by Crippen LogP contribution is -2.10. The van der Waals surface area contributed by atoms with E-state index in [1.807, 2.05) is 36.4 Å². The minimum Gasteiger partial charge on any atom is -0.311 e. The molecule has 0 radical (unpaired) electrons. The molecule has 4 heteroatoms. The second kappa shape index (κ2) is 20.8. The standard InChI is InChI=1S/C70H50N4/c1-6-16-51(17-7-1)54-26-38-62(39-27-54)73(63-40-28-55(29-41-63)52-18-8-2-9-19-52)65-44-32-57(33-45-65)58-34-46-66(47-35-58)74(64-42-30-56(31-43-64)53-20-10-3-11-21-53)67-48-36-60(37-49-67)69-50-68(59-22-12-4-13-23-59)71-70(72-69)61-24-14-5-15-25-61/h1-50H. The van der Waals surface area contributed by atoms with Gasteiger partial charge in [0.1, 0.15) is 0 Å². The Morgan fingerprint density at radius 1 is 0.176 bits per heavy atom. The summed E-state index contributed by atoms with van der Waals surface area (Å²) >= 11 is 0. The third-order valence-corrected chi connectivity index (χ3v) is 13.5. The minimum atomic E-state index is 0.695. The summed E-state index contributed by atoms with van der Waals surface area (Å²) in [6, 6.07) is 107. The van der Waals surface area contributed by atoms with E-state index >= 15 is 0 Å². The molecule has 0 bridgehead atoms. The molecule has 12 rings (SSSR count). The van der Waals surface area contributed by atoms with Crippen LogP contribution in [-0.4, -0.2) is 9.97 Å². The maximum absolute atomic E-state index is 5.11. The first-order chi connectivity index (χ1) is 36.7. The molecule has 11 aromatic carbocycles. The largest absolute Gasteiger partial charge is 0.311 e. The molecule has 0 atom stereocenters. The van der Waals surface area contributed by atoms with Crippen molar-refractivity contribution in [2.45, 2.75) is 0 Å². The fraction of sp³-hybridized carbons (Fsp3) is 0. The number of hydrogen-bond acceptors (Lipinski definition) is 4. The van der Waals surface area contributed by atoms with Crippen LogP contribution in [-0.2, 0) is 0 Å². The lowest BCUT2D eigenvalue weighted by atomic mass is 10.0. The van der Waals surface area contributed by atoms with Crippen molar-refractivity contribution in [2.75, 3.05) is 9.80 Å². The van der Waals surface area contributed by atoms with Crippen molar-refractivity contribution in [1.29, 1.82) is 0 Å². The molecule has 0 aliphatic heterocycles. The molecular formula is C70H50N4. The van der Waals surface area contributed by atoms with Crippen LogP contribution in [0.15, 0.2) is 303 Å². The number of anilines is 6. The Hall–Kier alpha value is -9.90. The first kappa shape index (κ1) is 45.3. The topological polar surface area (TPSA) is 32.3 Å². The van der Waals surface area contributed by atoms with Crippen molar-refractivity contribution in [2.24, 2.45) is 0 Å². The monoisotopic (exact) mass is 946 g/mol. The van der Waals surface area contributed by atoms with Gasteiger partial charge in [0.25, 0.3) is 0 Å². The van der Waals surface area contributed by atoms with Crippen molar-refractivity contribution < 1.29 is 0 Å². The Balaban J connectivity index is 0.867. The molecule has 350 valence electrons. The van der Waals surface area contributed by atoms with Crippen LogP contribution in [0, 0.1) is 0 Å². The summed E-state index contributed by atoms with van der Waals surface area (Å²) in [5.41, 5.74) is 20.6. The summed E-state index contributed by atoms with van der Waals surface area (Å²) in [7, 11) is 0. The summed E-state index contributed by atoms with van der Waals surface area (Å²) in [5, 5.41) is 0. The van der Waals surface area contributed by atoms with Crippen LogP contribution in [0.4, 0.5) is 34.1 Å². The van der Waals surface area contributed by atoms with E-state index in [0.29, 0.717) is 5.82 Å². The third-order valence-electron chi connectivity index (χ3n) is 13.5. The zero-order valence-electron chi connectivity index (χ0n) is 40.7. The Morgan fingerprint density at radius 2 is 0.365 bits per heavy atom. The Morgan fingerprint density at radius 3 is 0.622 bits per heavy atom.